The average Bonchev–Trinajstić information content (AvgIpc) is 3.05. The Morgan fingerprint density at radius 2 is 2.19 bits per heavy atom. The van der Waals surface area contributed by atoms with Crippen LogP contribution in [0.25, 0.3) is 0 Å². The summed E-state index contributed by atoms with van der Waals surface area (Å²) in [4.78, 5) is 26.1. The fourth-order valence-electron chi connectivity index (χ4n) is 2.08. The Morgan fingerprint density at radius 1 is 1.43 bits per heavy atom. The molecule has 0 aliphatic rings. The Labute approximate surface area is 126 Å². The molecule has 0 aliphatic carbocycles. The van der Waals surface area contributed by atoms with Crippen molar-refractivity contribution in [2.75, 3.05) is 13.6 Å². The number of hydrogen-bond acceptors (Lipinski definition) is 4. The number of hydrogen-bond donors (Lipinski definition) is 1. The first-order valence-corrected chi connectivity index (χ1v) is 7.43. The predicted octanol–water partition coefficient (Wildman–Crippen LogP) is 2.59. The lowest BCUT2D eigenvalue weighted by molar-refractivity contribution is -0.136. The average molecular weight is 307 g/mol. The van der Waals surface area contributed by atoms with E-state index in [1.807, 2.05) is 17.5 Å². The number of carboxylic acid groups (broad SMARTS) is 1. The van der Waals surface area contributed by atoms with Crippen LogP contribution < -0.4 is 0 Å². The fourth-order valence-corrected chi connectivity index (χ4v) is 2.78. The topological polar surface area (TPSA) is 70.7 Å². The molecule has 0 saturated heterocycles. The van der Waals surface area contributed by atoms with Crippen LogP contribution in [0.1, 0.15) is 26.6 Å². The van der Waals surface area contributed by atoms with E-state index in [2.05, 4.69) is 0 Å². The Morgan fingerprint density at radius 3 is 2.81 bits per heavy atom. The lowest BCUT2D eigenvalue weighted by Gasteiger charge is -2.17. The second kappa shape index (κ2) is 6.58. The van der Waals surface area contributed by atoms with Crippen LogP contribution in [0.5, 0.6) is 0 Å². The van der Waals surface area contributed by atoms with Gasteiger partial charge in [-0.2, -0.15) is 0 Å². The van der Waals surface area contributed by atoms with Crippen LogP contribution in [0, 0.1) is 6.92 Å². The number of furan rings is 1. The van der Waals surface area contributed by atoms with Crippen LogP contribution >= 0.6 is 11.3 Å². The number of carboxylic acids is 1. The Hall–Kier alpha value is -2.08. The molecule has 6 heteroatoms. The number of carbonyl (C=O) groups excluding carboxylic acids is 1. The number of aryl methyl sites for hydroxylation is 1. The Kier molecular flexibility index (Phi) is 4.80. The van der Waals surface area contributed by atoms with Crippen LogP contribution in [-0.2, 0) is 17.6 Å². The molecule has 0 fully saturated rings. The zero-order valence-electron chi connectivity index (χ0n) is 12.0. The van der Waals surface area contributed by atoms with Crippen molar-refractivity contribution in [3.05, 3.63) is 45.5 Å². The van der Waals surface area contributed by atoms with Gasteiger partial charge in [-0.3, -0.25) is 9.59 Å². The molecule has 0 saturated carbocycles. The maximum Gasteiger partial charge on any atom is 0.311 e. The van der Waals surface area contributed by atoms with Gasteiger partial charge in [-0.05, 0) is 24.8 Å². The second-order valence-electron chi connectivity index (χ2n) is 4.84. The second-order valence-corrected chi connectivity index (χ2v) is 5.88. The molecule has 2 aromatic rings. The monoisotopic (exact) mass is 307 g/mol. The molecule has 0 radical (unpaired) electrons. The van der Waals surface area contributed by atoms with Crippen molar-refractivity contribution in [3.63, 3.8) is 0 Å². The number of carbonyl (C=O) groups is 2. The summed E-state index contributed by atoms with van der Waals surface area (Å²) in [5.41, 5.74) is 1.03. The van der Waals surface area contributed by atoms with Crippen molar-refractivity contribution in [3.8, 4) is 0 Å². The first-order chi connectivity index (χ1) is 9.99. The smallest absolute Gasteiger partial charge is 0.311 e. The summed E-state index contributed by atoms with van der Waals surface area (Å²) < 4.78 is 5.20. The standard InChI is InChI=1S/C15H17NO4S/c1-10-9-20-12(8-13(17)18)14(10)15(19)16(2)6-5-11-4-3-7-21-11/h3-4,7,9H,5-6,8H2,1-2H3,(H,17,18). The van der Waals surface area contributed by atoms with Gasteiger partial charge in [-0.25, -0.2) is 0 Å². The highest BCUT2D eigenvalue weighted by molar-refractivity contribution is 7.09. The summed E-state index contributed by atoms with van der Waals surface area (Å²) in [6, 6.07) is 4.01. The zero-order chi connectivity index (χ0) is 15.4. The first-order valence-electron chi connectivity index (χ1n) is 6.55. The van der Waals surface area contributed by atoms with Crippen LogP contribution in [0.2, 0.25) is 0 Å². The highest BCUT2D eigenvalue weighted by atomic mass is 32.1. The summed E-state index contributed by atoms with van der Waals surface area (Å²) in [7, 11) is 1.72. The van der Waals surface area contributed by atoms with Crippen molar-refractivity contribution in [1.29, 1.82) is 0 Å². The van der Waals surface area contributed by atoms with E-state index in [1.54, 1.807) is 30.2 Å². The minimum absolute atomic E-state index is 0.200. The lowest BCUT2D eigenvalue weighted by Crippen LogP contribution is -2.29. The number of amides is 1. The molecule has 1 N–H and O–H groups in total. The Bertz CT molecular complexity index is 630. The molecule has 1 amide bonds. The summed E-state index contributed by atoms with van der Waals surface area (Å²) in [5.74, 6) is -0.998. The number of nitrogens with zero attached hydrogens (tertiary/aromatic N) is 1. The van der Waals surface area contributed by atoms with Crippen molar-refractivity contribution < 1.29 is 19.1 Å². The van der Waals surface area contributed by atoms with E-state index in [0.717, 1.165) is 6.42 Å². The molecule has 0 aromatic carbocycles. The molecule has 0 aliphatic heterocycles. The molecule has 112 valence electrons. The number of likely N-dealkylation sites (N-methyl/N-ethyl adjacent to an activating group) is 1. The van der Waals surface area contributed by atoms with Crippen LogP contribution in [-0.4, -0.2) is 35.5 Å². The molecule has 2 aromatic heterocycles. The van der Waals surface area contributed by atoms with Crippen molar-refractivity contribution >= 4 is 23.2 Å². The van der Waals surface area contributed by atoms with Crippen molar-refractivity contribution in [1.82, 2.24) is 4.90 Å². The van der Waals surface area contributed by atoms with E-state index in [0.29, 0.717) is 17.7 Å². The minimum Gasteiger partial charge on any atom is -0.481 e. The molecule has 5 nitrogen and oxygen atoms in total. The summed E-state index contributed by atoms with van der Waals surface area (Å²) in [6.07, 6.45) is 1.93. The number of rotatable bonds is 6. The molecular weight excluding hydrogens is 290 g/mol. The predicted molar refractivity (Wildman–Crippen MR) is 79.8 cm³/mol. The van der Waals surface area contributed by atoms with E-state index < -0.39 is 5.97 Å². The molecule has 21 heavy (non-hydrogen) atoms. The minimum atomic E-state index is -1.01. The van der Waals surface area contributed by atoms with Crippen LogP contribution in [0.15, 0.2) is 28.2 Å². The van der Waals surface area contributed by atoms with Crippen LogP contribution in [0.4, 0.5) is 0 Å². The quantitative estimate of drug-likeness (QED) is 0.890. The van der Waals surface area contributed by atoms with Gasteiger partial charge in [0.15, 0.2) is 0 Å². The van der Waals surface area contributed by atoms with Crippen LogP contribution in [0.3, 0.4) is 0 Å². The third-order valence-corrected chi connectivity index (χ3v) is 4.13. The molecule has 0 bridgehead atoms. The third kappa shape index (κ3) is 3.72. The zero-order valence-corrected chi connectivity index (χ0v) is 12.8. The van der Waals surface area contributed by atoms with Gasteiger partial charge in [0.1, 0.15) is 12.2 Å². The highest BCUT2D eigenvalue weighted by Crippen LogP contribution is 2.19. The van der Waals surface area contributed by atoms with Crippen molar-refractivity contribution in [2.45, 2.75) is 19.8 Å². The number of thiophene rings is 1. The van der Waals surface area contributed by atoms with Gasteiger partial charge in [0, 0.05) is 24.0 Å². The first kappa shape index (κ1) is 15.3. The number of aliphatic carboxylic acids is 1. The van der Waals surface area contributed by atoms with E-state index in [1.165, 1.54) is 11.1 Å². The molecule has 0 spiro atoms. The molecule has 2 heterocycles. The Balaban J connectivity index is 2.08. The van der Waals surface area contributed by atoms with Crippen molar-refractivity contribution in [2.24, 2.45) is 0 Å². The highest BCUT2D eigenvalue weighted by Gasteiger charge is 2.23. The molecule has 0 unspecified atom stereocenters. The van der Waals surface area contributed by atoms with E-state index in [9.17, 15) is 9.59 Å². The van der Waals surface area contributed by atoms with Gasteiger partial charge in [0.25, 0.3) is 5.91 Å². The van der Waals surface area contributed by atoms with Gasteiger partial charge < -0.3 is 14.4 Å². The normalized spacial score (nSPS) is 10.6. The van der Waals surface area contributed by atoms with Gasteiger partial charge in [-0.1, -0.05) is 6.07 Å². The SMILES string of the molecule is Cc1coc(CC(=O)O)c1C(=O)N(C)CCc1cccs1. The fraction of sp³-hybridized carbons (Fsp3) is 0.333. The van der Waals surface area contributed by atoms with Gasteiger partial charge in [0.05, 0.1) is 11.8 Å². The maximum absolute atomic E-state index is 12.5. The third-order valence-electron chi connectivity index (χ3n) is 3.20. The lowest BCUT2D eigenvalue weighted by atomic mass is 10.1. The molecule has 0 atom stereocenters. The molecule has 2 rings (SSSR count). The largest absolute Gasteiger partial charge is 0.481 e. The van der Waals surface area contributed by atoms with E-state index >= 15 is 0 Å². The maximum atomic E-state index is 12.5. The van der Waals surface area contributed by atoms with E-state index in [4.69, 9.17) is 9.52 Å². The summed E-state index contributed by atoms with van der Waals surface area (Å²) in [5, 5.41) is 10.9. The molecular formula is C15H17NO4S. The summed E-state index contributed by atoms with van der Waals surface area (Å²) >= 11 is 1.65. The van der Waals surface area contributed by atoms with Gasteiger partial charge in [0.2, 0.25) is 0 Å². The summed E-state index contributed by atoms with van der Waals surface area (Å²) in [6.45, 7) is 2.33. The van der Waals surface area contributed by atoms with E-state index in [-0.39, 0.29) is 18.1 Å². The van der Waals surface area contributed by atoms with Gasteiger partial charge in [-0.15, -0.1) is 11.3 Å². The van der Waals surface area contributed by atoms with Gasteiger partial charge >= 0.3 is 5.97 Å².